The molecule has 0 fully saturated rings. The zero-order chi connectivity index (χ0) is 20.1. The Morgan fingerprint density at radius 1 is 1.00 bits per heavy atom. The largest absolute Gasteiger partial charge is 0.478 e. The van der Waals surface area contributed by atoms with E-state index >= 15 is 0 Å². The van der Waals surface area contributed by atoms with Crippen molar-refractivity contribution in [2.45, 2.75) is 25.5 Å². The highest BCUT2D eigenvalue weighted by atomic mass is 35.5. The van der Waals surface area contributed by atoms with Gasteiger partial charge < -0.3 is 15.5 Å². The van der Waals surface area contributed by atoms with E-state index in [1.165, 1.54) is 6.07 Å². The Kier molecular flexibility index (Phi) is 6.34. The number of nitrogens with one attached hydrogen (secondary N) is 1. The Hall–Kier alpha value is -2.82. The summed E-state index contributed by atoms with van der Waals surface area (Å²) >= 11 is 5.99. The molecular weight excluding hydrogens is 374 g/mol. The lowest BCUT2D eigenvalue weighted by atomic mass is 9.88. The van der Waals surface area contributed by atoms with Crippen LogP contribution in [-0.2, 0) is 0 Å². The van der Waals surface area contributed by atoms with Gasteiger partial charge in [0.2, 0.25) is 0 Å². The standard InChI is InChI=1S/C23H22ClNO3/c1-15-12-18(24)13-20(23(27)28)22(15)25-21(26)14-19(16-8-4-2-5-9-16)17-10-6-3-7-11-17/h2-13,19,21,25-26H,14H2,1H3,(H,27,28). The van der Waals surface area contributed by atoms with Gasteiger partial charge in [0.15, 0.2) is 0 Å². The molecule has 0 amide bonds. The lowest BCUT2D eigenvalue weighted by Crippen LogP contribution is -2.24. The predicted molar refractivity (Wildman–Crippen MR) is 112 cm³/mol. The molecule has 0 heterocycles. The number of aliphatic hydroxyl groups excluding tert-OH is 1. The third-order valence-corrected chi connectivity index (χ3v) is 4.92. The van der Waals surface area contributed by atoms with E-state index in [1.807, 2.05) is 60.7 Å². The van der Waals surface area contributed by atoms with Crippen LogP contribution in [0.15, 0.2) is 72.8 Å². The third kappa shape index (κ3) is 4.71. The number of rotatable bonds is 7. The summed E-state index contributed by atoms with van der Waals surface area (Å²) in [5.41, 5.74) is 3.26. The van der Waals surface area contributed by atoms with E-state index in [9.17, 15) is 15.0 Å². The van der Waals surface area contributed by atoms with E-state index < -0.39 is 12.2 Å². The monoisotopic (exact) mass is 395 g/mol. The number of hydrogen-bond acceptors (Lipinski definition) is 3. The fourth-order valence-corrected chi connectivity index (χ4v) is 3.66. The van der Waals surface area contributed by atoms with E-state index in [0.29, 0.717) is 22.7 Å². The minimum absolute atomic E-state index is 0.0363. The van der Waals surface area contributed by atoms with Crippen LogP contribution in [0, 0.1) is 6.92 Å². The minimum atomic E-state index is -1.09. The molecule has 0 aliphatic rings. The number of aromatic carboxylic acids is 1. The zero-order valence-corrected chi connectivity index (χ0v) is 16.2. The van der Waals surface area contributed by atoms with Gasteiger partial charge in [0.25, 0.3) is 0 Å². The quantitative estimate of drug-likeness (QED) is 0.475. The predicted octanol–water partition coefficient (Wildman–Crippen LogP) is 5.30. The Morgan fingerprint density at radius 3 is 2.04 bits per heavy atom. The summed E-state index contributed by atoms with van der Waals surface area (Å²) in [6, 6.07) is 23.0. The number of aryl methyl sites for hydroxylation is 1. The smallest absolute Gasteiger partial charge is 0.337 e. The molecule has 0 aromatic heterocycles. The molecule has 28 heavy (non-hydrogen) atoms. The summed E-state index contributed by atoms with van der Waals surface area (Å²) in [5.74, 6) is -1.13. The average Bonchev–Trinajstić information content (AvgIpc) is 2.69. The maximum atomic E-state index is 11.6. The Bertz CT molecular complexity index is 905. The van der Waals surface area contributed by atoms with Gasteiger partial charge in [-0.2, -0.15) is 0 Å². The number of aliphatic hydroxyl groups is 1. The van der Waals surface area contributed by atoms with Crippen LogP contribution in [0.3, 0.4) is 0 Å². The third-order valence-electron chi connectivity index (χ3n) is 4.70. The second-order valence-corrected chi connectivity index (χ2v) is 7.16. The van der Waals surface area contributed by atoms with Gasteiger partial charge in [-0.3, -0.25) is 0 Å². The van der Waals surface area contributed by atoms with Crippen molar-refractivity contribution in [1.29, 1.82) is 0 Å². The molecule has 0 aliphatic carbocycles. The Labute approximate surface area is 169 Å². The van der Waals surface area contributed by atoms with E-state index in [1.54, 1.807) is 13.0 Å². The number of benzene rings is 3. The highest BCUT2D eigenvalue weighted by Crippen LogP contribution is 2.31. The fraction of sp³-hybridized carbons (Fsp3) is 0.174. The topological polar surface area (TPSA) is 69.6 Å². The number of hydrogen-bond donors (Lipinski definition) is 3. The van der Waals surface area contributed by atoms with Gasteiger partial charge in [-0.15, -0.1) is 0 Å². The number of carboxylic acid groups (broad SMARTS) is 1. The Balaban J connectivity index is 1.88. The summed E-state index contributed by atoms with van der Waals surface area (Å²) in [7, 11) is 0. The van der Waals surface area contributed by atoms with Crippen molar-refractivity contribution in [1.82, 2.24) is 0 Å². The lowest BCUT2D eigenvalue weighted by Gasteiger charge is -2.24. The minimum Gasteiger partial charge on any atom is -0.478 e. The van der Waals surface area contributed by atoms with Crippen molar-refractivity contribution in [3.63, 3.8) is 0 Å². The summed E-state index contributed by atoms with van der Waals surface area (Å²) in [6.45, 7) is 1.76. The molecule has 0 spiro atoms. The van der Waals surface area contributed by atoms with Crippen molar-refractivity contribution in [2.75, 3.05) is 5.32 Å². The second kappa shape index (κ2) is 8.91. The second-order valence-electron chi connectivity index (χ2n) is 6.72. The van der Waals surface area contributed by atoms with Crippen molar-refractivity contribution in [3.05, 3.63) is 100 Å². The first-order chi connectivity index (χ1) is 13.5. The number of carbonyl (C=O) groups is 1. The molecule has 3 rings (SSSR count). The number of halogens is 1. The molecule has 1 unspecified atom stereocenters. The first kappa shape index (κ1) is 19.9. The van der Waals surface area contributed by atoms with Gasteiger partial charge in [0.1, 0.15) is 6.23 Å². The van der Waals surface area contributed by atoms with Crippen LogP contribution in [0.2, 0.25) is 5.02 Å². The molecule has 144 valence electrons. The molecule has 0 saturated heterocycles. The molecule has 0 aliphatic heterocycles. The first-order valence-electron chi connectivity index (χ1n) is 9.03. The van der Waals surface area contributed by atoms with Crippen LogP contribution in [0.25, 0.3) is 0 Å². The summed E-state index contributed by atoms with van der Waals surface area (Å²) in [6.07, 6.45) is -0.557. The number of anilines is 1. The normalized spacial score (nSPS) is 12.0. The summed E-state index contributed by atoms with van der Waals surface area (Å²) in [4.78, 5) is 11.6. The number of carboxylic acids is 1. The maximum absolute atomic E-state index is 11.6. The molecule has 0 radical (unpaired) electrons. The van der Waals surface area contributed by atoms with Crippen LogP contribution in [0.4, 0.5) is 5.69 Å². The lowest BCUT2D eigenvalue weighted by molar-refractivity contribution is 0.0697. The van der Waals surface area contributed by atoms with Crippen molar-refractivity contribution in [2.24, 2.45) is 0 Å². The van der Waals surface area contributed by atoms with Gasteiger partial charge in [-0.1, -0.05) is 72.3 Å². The van der Waals surface area contributed by atoms with Crippen LogP contribution in [0.1, 0.15) is 39.4 Å². The first-order valence-corrected chi connectivity index (χ1v) is 9.41. The van der Waals surface area contributed by atoms with Crippen molar-refractivity contribution in [3.8, 4) is 0 Å². The average molecular weight is 396 g/mol. The maximum Gasteiger partial charge on any atom is 0.337 e. The fourth-order valence-electron chi connectivity index (χ4n) is 3.39. The van der Waals surface area contributed by atoms with E-state index in [4.69, 9.17) is 11.6 Å². The molecule has 3 aromatic rings. The summed E-state index contributed by atoms with van der Waals surface area (Å²) < 4.78 is 0. The van der Waals surface area contributed by atoms with E-state index in [-0.39, 0.29) is 11.5 Å². The van der Waals surface area contributed by atoms with Gasteiger partial charge in [-0.25, -0.2) is 4.79 Å². The van der Waals surface area contributed by atoms with E-state index in [2.05, 4.69) is 5.32 Å². The van der Waals surface area contributed by atoms with Gasteiger partial charge in [0, 0.05) is 17.4 Å². The van der Waals surface area contributed by atoms with Gasteiger partial charge in [0.05, 0.1) is 11.3 Å². The van der Waals surface area contributed by atoms with Crippen molar-refractivity contribution < 1.29 is 15.0 Å². The molecule has 1 atom stereocenters. The molecule has 4 nitrogen and oxygen atoms in total. The molecule has 3 N–H and O–H groups in total. The van der Waals surface area contributed by atoms with E-state index in [0.717, 1.165) is 11.1 Å². The molecule has 3 aromatic carbocycles. The molecule has 0 bridgehead atoms. The van der Waals surface area contributed by atoms with Crippen LogP contribution in [0.5, 0.6) is 0 Å². The summed E-state index contributed by atoms with van der Waals surface area (Å²) in [5, 5.41) is 23.6. The molecule has 5 heteroatoms. The van der Waals surface area contributed by atoms with Crippen molar-refractivity contribution >= 4 is 23.3 Å². The molecular formula is C23H22ClNO3. The van der Waals surface area contributed by atoms with Crippen LogP contribution in [-0.4, -0.2) is 22.4 Å². The highest BCUT2D eigenvalue weighted by molar-refractivity contribution is 6.31. The molecule has 0 saturated carbocycles. The van der Waals surface area contributed by atoms with Gasteiger partial charge >= 0.3 is 5.97 Å². The highest BCUT2D eigenvalue weighted by Gasteiger charge is 2.21. The van der Waals surface area contributed by atoms with Crippen LogP contribution < -0.4 is 5.32 Å². The SMILES string of the molecule is Cc1cc(Cl)cc(C(=O)O)c1NC(O)CC(c1ccccc1)c1ccccc1. The van der Waals surface area contributed by atoms with Crippen LogP contribution >= 0.6 is 11.6 Å². The van der Waals surface area contributed by atoms with Gasteiger partial charge in [-0.05, 0) is 35.7 Å². The Morgan fingerprint density at radius 2 is 1.54 bits per heavy atom. The zero-order valence-electron chi connectivity index (χ0n) is 15.5.